The average molecular weight is 276 g/mol. The lowest BCUT2D eigenvalue weighted by molar-refractivity contribution is -0.130. The van der Waals surface area contributed by atoms with E-state index in [0.29, 0.717) is 6.42 Å². The number of benzene rings is 1. The van der Waals surface area contributed by atoms with Crippen LogP contribution in [0.1, 0.15) is 45.2 Å². The van der Waals surface area contributed by atoms with Gasteiger partial charge in [-0.25, -0.2) is 0 Å². The van der Waals surface area contributed by atoms with Crippen molar-refractivity contribution in [1.29, 1.82) is 0 Å². The van der Waals surface area contributed by atoms with Gasteiger partial charge in [-0.15, -0.1) is 0 Å². The van der Waals surface area contributed by atoms with E-state index in [2.05, 4.69) is 6.92 Å². The zero-order chi connectivity index (χ0) is 14.7. The van der Waals surface area contributed by atoms with E-state index in [4.69, 9.17) is 10.5 Å². The molecule has 1 aromatic rings. The lowest BCUT2D eigenvalue weighted by Crippen LogP contribution is -2.37. The van der Waals surface area contributed by atoms with Crippen molar-refractivity contribution in [3.8, 4) is 5.75 Å². The van der Waals surface area contributed by atoms with Gasteiger partial charge in [0.2, 0.25) is 5.91 Å². The van der Waals surface area contributed by atoms with Gasteiger partial charge in [0.1, 0.15) is 5.75 Å². The highest BCUT2D eigenvalue weighted by Crippen LogP contribution is 2.34. The number of likely N-dealkylation sites (tertiary alicyclic amines) is 1. The van der Waals surface area contributed by atoms with E-state index in [1.54, 1.807) is 0 Å². The lowest BCUT2D eigenvalue weighted by Gasteiger charge is -2.30. The Kier molecular flexibility index (Phi) is 4.65. The molecule has 1 aliphatic heterocycles. The summed E-state index contributed by atoms with van der Waals surface area (Å²) in [6, 6.07) is 7.96. The number of carbonyl (C=O) groups excluding carboxylic acids is 1. The summed E-state index contributed by atoms with van der Waals surface area (Å²) in [7, 11) is 0. The van der Waals surface area contributed by atoms with Crippen LogP contribution in [0.25, 0.3) is 0 Å². The zero-order valence-electron chi connectivity index (χ0n) is 12.5. The molecule has 110 valence electrons. The predicted octanol–water partition coefficient (Wildman–Crippen LogP) is 2.48. The van der Waals surface area contributed by atoms with E-state index >= 15 is 0 Å². The first-order valence-electron chi connectivity index (χ1n) is 7.34. The highest BCUT2D eigenvalue weighted by atomic mass is 16.5. The minimum absolute atomic E-state index is 0.0253. The Bertz CT molecular complexity index is 456. The summed E-state index contributed by atoms with van der Waals surface area (Å²) in [6.07, 6.45) is 1.42. The van der Waals surface area contributed by atoms with Gasteiger partial charge in [-0.2, -0.15) is 0 Å². The van der Waals surface area contributed by atoms with Crippen LogP contribution in [0.5, 0.6) is 5.75 Å². The summed E-state index contributed by atoms with van der Waals surface area (Å²) in [5.74, 6) is 1.01. The average Bonchev–Trinajstić information content (AvgIpc) is 2.72. The van der Waals surface area contributed by atoms with Gasteiger partial charge >= 0.3 is 0 Å². The largest absolute Gasteiger partial charge is 0.494 e. The fraction of sp³-hybridized carbons (Fsp3) is 0.562. The van der Waals surface area contributed by atoms with Crippen LogP contribution in [0.2, 0.25) is 0 Å². The van der Waals surface area contributed by atoms with Crippen LogP contribution in [-0.2, 0) is 4.79 Å². The Morgan fingerprint density at radius 2 is 2.00 bits per heavy atom. The molecule has 0 aromatic heterocycles. The molecule has 1 amide bonds. The molecule has 0 spiro atoms. The second-order valence-electron chi connectivity index (χ2n) is 5.63. The lowest BCUT2D eigenvalue weighted by atomic mass is 10.00. The summed E-state index contributed by atoms with van der Waals surface area (Å²) in [5.41, 5.74) is 7.24. The first kappa shape index (κ1) is 14.9. The van der Waals surface area contributed by atoms with Crippen molar-refractivity contribution in [2.24, 2.45) is 5.73 Å². The maximum atomic E-state index is 12.0. The Balaban J connectivity index is 2.18. The van der Waals surface area contributed by atoms with Crippen molar-refractivity contribution < 1.29 is 9.53 Å². The minimum atomic E-state index is -0.132. The van der Waals surface area contributed by atoms with Crippen molar-refractivity contribution in [2.45, 2.75) is 51.7 Å². The van der Waals surface area contributed by atoms with Crippen molar-refractivity contribution in [3.05, 3.63) is 29.8 Å². The van der Waals surface area contributed by atoms with Crippen LogP contribution in [0, 0.1) is 0 Å². The van der Waals surface area contributed by atoms with Crippen LogP contribution in [0.3, 0.4) is 0 Å². The molecule has 0 bridgehead atoms. The van der Waals surface area contributed by atoms with Gasteiger partial charge in [0.15, 0.2) is 0 Å². The second-order valence-corrected chi connectivity index (χ2v) is 5.63. The van der Waals surface area contributed by atoms with E-state index < -0.39 is 0 Å². The molecule has 1 fully saturated rings. The molecular weight excluding hydrogens is 252 g/mol. The van der Waals surface area contributed by atoms with Crippen LogP contribution in [0.15, 0.2) is 24.3 Å². The van der Waals surface area contributed by atoms with Crippen molar-refractivity contribution in [3.63, 3.8) is 0 Å². The van der Waals surface area contributed by atoms with Crippen molar-refractivity contribution in [1.82, 2.24) is 4.90 Å². The first-order chi connectivity index (χ1) is 9.54. The van der Waals surface area contributed by atoms with E-state index in [-0.39, 0.29) is 24.0 Å². The van der Waals surface area contributed by atoms with E-state index in [1.807, 2.05) is 43.0 Å². The molecule has 0 saturated carbocycles. The number of ether oxygens (including phenoxy) is 1. The van der Waals surface area contributed by atoms with Gasteiger partial charge in [0.05, 0.1) is 12.6 Å². The third kappa shape index (κ3) is 2.96. The fourth-order valence-electron chi connectivity index (χ4n) is 2.78. The summed E-state index contributed by atoms with van der Waals surface area (Å²) < 4.78 is 5.58. The molecule has 1 aromatic carbocycles. The van der Waals surface area contributed by atoms with E-state index in [0.717, 1.165) is 24.3 Å². The molecule has 4 nitrogen and oxygen atoms in total. The van der Waals surface area contributed by atoms with Gasteiger partial charge < -0.3 is 15.4 Å². The first-order valence-corrected chi connectivity index (χ1v) is 7.34. The molecule has 1 heterocycles. The number of nitrogens with two attached hydrogens (primary N) is 1. The number of hydrogen-bond acceptors (Lipinski definition) is 3. The van der Waals surface area contributed by atoms with Crippen molar-refractivity contribution in [2.75, 3.05) is 6.61 Å². The quantitative estimate of drug-likeness (QED) is 0.899. The fourth-order valence-corrected chi connectivity index (χ4v) is 2.78. The number of hydrogen-bond donors (Lipinski definition) is 1. The maximum absolute atomic E-state index is 12.0. The topological polar surface area (TPSA) is 55.6 Å². The van der Waals surface area contributed by atoms with E-state index in [1.165, 1.54) is 0 Å². The molecule has 1 aliphatic rings. The molecule has 4 heteroatoms. The molecule has 0 radical (unpaired) electrons. The molecule has 20 heavy (non-hydrogen) atoms. The monoisotopic (exact) mass is 276 g/mol. The molecular formula is C16H24N2O2. The third-order valence-corrected chi connectivity index (χ3v) is 3.65. The molecule has 2 unspecified atom stereocenters. The molecule has 2 rings (SSSR count). The van der Waals surface area contributed by atoms with Gasteiger partial charge in [0.25, 0.3) is 0 Å². The van der Waals surface area contributed by atoms with Gasteiger partial charge in [-0.1, -0.05) is 19.1 Å². The van der Waals surface area contributed by atoms with Crippen LogP contribution >= 0.6 is 0 Å². The standard InChI is InChI=1S/C16H24N2O2/c1-4-9-20-13-7-5-12(6-8-13)16-14(17)10-15(19)18(16)11(2)3/h5-8,11,14,16H,4,9-10,17H2,1-3H3. The van der Waals surface area contributed by atoms with Crippen LogP contribution < -0.4 is 10.5 Å². The Morgan fingerprint density at radius 1 is 1.35 bits per heavy atom. The molecule has 2 N–H and O–H groups in total. The number of amides is 1. The van der Waals surface area contributed by atoms with Crippen LogP contribution in [0.4, 0.5) is 0 Å². The highest BCUT2D eigenvalue weighted by Gasteiger charge is 2.39. The van der Waals surface area contributed by atoms with Gasteiger partial charge in [-0.05, 0) is 38.0 Å². The van der Waals surface area contributed by atoms with Gasteiger partial charge in [-0.3, -0.25) is 4.79 Å². The Hall–Kier alpha value is -1.55. The Morgan fingerprint density at radius 3 is 2.55 bits per heavy atom. The number of nitrogens with zero attached hydrogens (tertiary/aromatic N) is 1. The smallest absolute Gasteiger partial charge is 0.225 e. The minimum Gasteiger partial charge on any atom is -0.494 e. The summed E-state index contributed by atoms with van der Waals surface area (Å²) in [4.78, 5) is 13.9. The normalized spacial score (nSPS) is 22.6. The van der Waals surface area contributed by atoms with Gasteiger partial charge in [0, 0.05) is 18.5 Å². The zero-order valence-corrected chi connectivity index (χ0v) is 12.5. The van der Waals surface area contributed by atoms with E-state index in [9.17, 15) is 4.79 Å². The SMILES string of the molecule is CCCOc1ccc(C2C(N)CC(=O)N2C(C)C)cc1. The number of rotatable bonds is 5. The number of carbonyl (C=O) groups is 1. The summed E-state index contributed by atoms with van der Waals surface area (Å²) in [5, 5.41) is 0. The maximum Gasteiger partial charge on any atom is 0.225 e. The highest BCUT2D eigenvalue weighted by molar-refractivity contribution is 5.80. The Labute approximate surface area is 120 Å². The molecule has 2 atom stereocenters. The molecule has 1 saturated heterocycles. The van der Waals surface area contributed by atoms with Crippen LogP contribution in [-0.4, -0.2) is 29.5 Å². The summed E-state index contributed by atoms with van der Waals surface area (Å²) >= 11 is 0. The summed E-state index contributed by atoms with van der Waals surface area (Å²) in [6.45, 7) is 6.86. The second kappa shape index (κ2) is 6.27. The molecule has 0 aliphatic carbocycles. The van der Waals surface area contributed by atoms with Crippen molar-refractivity contribution >= 4 is 5.91 Å². The predicted molar refractivity (Wildman–Crippen MR) is 79.5 cm³/mol. The third-order valence-electron chi connectivity index (χ3n) is 3.65.